The van der Waals surface area contributed by atoms with Gasteiger partial charge in [0, 0.05) is 52.7 Å². The second kappa shape index (κ2) is 18.9. The predicted octanol–water partition coefficient (Wildman–Crippen LogP) is 6.40. The van der Waals surface area contributed by atoms with Gasteiger partial charge in [-0.2, -0.15) is 4.31 Å². The smallest absolute Gasteiger partial charge is 0.408 e. The van der Waals surface area contributed by atoms with Gasteiger partial charge >= 0.3 is 12.1 Å². The maximum Gasteiger partial charge on any atom is 0.408 e. The Morgan fingerprint density at radius 1 is 1.06 bits per heavy atom. The van der Waals surface area contributed by atoms with Gasteiger partial charge in [-0.3, -0.25) is 9.59 Å². The number of thiophene rings is 1. The highest BCUT2D eigenvalue weighted by molar-refractivity contribution is 7.89. The first-order chi connectivity index (χ1) is 31.1. The van der Waals surface area contributed by atoms with Gasteiger partial charge in [0.05, 0.1) is 36.3 Å². The summed E-state index contributed by atoms with van der Waals surface area (Å²) in [5.41, 5.74) is 0.205. The molecular weight excluding hydrogens is 895 g/mol. The van der Waals surface area contributed by atoms with Crippen LogP contribution >= 0.6 is 22.7 Å². The van der Waals surface area contributed by atoms with Crippen LogP contribution in [0.2, 0.25) is 0 Å². The molecule has 1 saturated heterocycles. The number of allylic oxidation sites excluding steroid dienone is 1. The van der Waals surface area contributed by atoms with E-state index < -0.39 is 69.6 Å². The quantitative estimate of drug-likeness (QED) is 0.113. The second-order valence-electron chi connectivity index (χ2n) is 17.7. The van der Waals surface area contributed by atoms with E-state index in [1.165, 1.54) is 31.9 Å². The number of carboxylic acids is 1. The SMILES string of the molecule is COc1ccc2c(O[C@@H]3C[C@H]4C(=O)N[C@]5(C(=O)O)CC5/C=C\CCCCC[C@H](NC(=O)OC(CN5Cc6sccc6S5(=O)=O)C(C)C)C(=O)N4C3)cc(-c3csc(NC(C)C)n3)nc2c1. The van der Waals surface area contributed by atoms with E-state index in [-0.39, 0.29) is 55.8 Å². The molecule has 1 saturated carbocycles. The first-order valence-electron chi connectivity index (χ1n) is 22.0. The van der Waals surface area contributed by atoms with Crippen molar-refractivity contribution >= 4 is 72.6 Å². The molecule has 3 aliphatic heterocycles. The number of nitrogens with zero attached hydrogens (tertiary/aromatic N) is 4. The van der Waals surface area contributed by atoms with Crippen LogP contribution in [0.25, 0.3) is 22.3 Å². The summed E-state index contributed by atoms with van der Waals surface area (Å²) in [5, 5.41) is 24.3. The van der Waals surface area contributed by atoms with Crippen LogP contribution in [0, 0.1) is 11.8 Å². The van der Waals surface area contributed by atoms with Crippen molar-refractivity contribution in [3.05, 3.63) is 58.1 Å². The first-order valence-corrected chi connectivity index (χ1v) is 25.2. The Kier molecular flexibility index (Phi) is 13.4. The summed E-state index contributed by atoms with van der Waals surface area (Å²) >= 11 is 2.80. The van der Waals surface area contributed by atoms with Crippen LogP contribution in [-0.2, 0) is 35.7 Å². The zero-order valence-corrected chi connectivity index (χ0v) is 39.4. The maximum atomic E-state index is 14.9. The highest BCUT2D eigenvalue weighted by Gasteiger charge is 2.61. The van der Waals surface area contributed by atoms with E-state index in [0.29, 0.717) is 53.1 Å². The van der Waals surface area contributed by atoms with E-state index in [0.717, 1.165) is 16.4 Å². The maximum absolute atomic E-state index is 14.9. The number of carbonyl (C=O) groups excluding carboxylic acids is 3. The number of rotatable bonds is 12. The molecule has 1 aliphatic carbocycles. The Morgan fingerprint density at radius 2 is 1.88 bits per heavy atom. The number of carbonyl (C=O) groups is 4. The van der Waals surface area contributed by atoms with Crippen molar-refractivity contribution in [3.63, 3.8) is 0 Å². The van der Waals surface area contributed by atoms with Crippen molar-refractivity contribution in [1.29, 1.82) is 0 Å². The van der Waals surface area contributed by atoms with Crippen molar-refractivity contribution in [1.82, 2.24) is 29.8 Å². The van der Waals surface area contributed by atoms with Gasteiger partial charge in [0.15, 0.2) is 5.13 Å². The van der Waals surface area contributed by atoms with Crippen LogP contribution in [0.1, 0.15) is 77.5 Å². The Balaban J connectivity index is 1.08. The number of pyridine rings is 1. The Morgan fingerprint density at radius 3 is 2.62 bits per heavy atom. The van der Waals surface area contributed by atoms with Crippen LogP contribution in [0.15, 0.2) is 58.1 Å². The fourth-order valence-corrected chi connectivity index (χ4v) is 12.5. The molecule has 4 N–H and O–H groups in total. The molecule has 6 heterocycles. The number of fused-ring (bicyclic) bond motifs is 4. The van der Waals surface area contributed by atoms with Crippen LogP contribution in [0.4, 0.5) is 9.93 Å². The molecule has 0 bridgehead atoms. The minimum atomic E-state index is -3.76. The molecule has 1 aromatic carbocycles. The standard InChI is InChI=1S/C45H55N7O10S3/c1-25(2)37(22-51-23-38-39(15-16-63-38)65(51,58)59)62-44(57)49-31-12-10-8-6-7-9-11-27-20-45(27,42(55)56)50-40(53)35-18-29(21-52(35)41(31)54)61-36-19-33(34-24-64-43(48-34)46-26(3)4)47-32-17-28(60-5)13-14-30(32)36/h9,11,13-17,19,24-27,29,31,35,37H,6-8,10,12,18,20-23H2,1-5H3,(H,46,48)(H,49,57)(H,50,53)(H,55,56)/b11-9-/t27?,29-,31+,35+,37?,45-/m1/s1. The summed E-state index contributed by atoms with van der Waals surface area (Å²) in [7, 11) is -2.19. The molecule has 2 fully saturated rings. The number of benzene rings is 1. The third-order valence-electron chi connectivity index (χ3n) is 12.4. The number of anilines is 1. The number of methoxy groups -OCH3 is 1. The van der Waals surface area contributed by atoms with Gasteiger partial charge in [0.25, 0.3) is 0 Å². The number of amides is 3. The lowest BCUT2D eigenvalue weighted by atomic mass is 10.0. The van der Waals surface area contributed by atoms with Gasteiger partial charge in [-0.25, -0.2) is 28.0 Å². The van der Waals surface area contributed by atoms with Gasteiger partial charge in [0.2, 0.25) is 21.8 Å². The summed E-state index contributed by atoms with van der Waals surface area (Å²) in [6, 6.07) is 6.63. The molecule has 6 atom stereocenters. The molecule has 3 amide bonds. The van der Waals surface area contributed by atoms with E-state index in [2.05, 4.69) is 16.0 Å². The van der Waals surface area contributed by atoms with Gasteiger partial charge in [-0.15, -0.1) is 22.7 Å². The Bertz CT molecular complexity index is 2600. The summed E-state index contributed by atoms with van der Waals surface area (Å²) < 4.78 is 46.1. The average molecular weight is 950 g/mol. The minimum Gasteiger partial charge on any atom is -0.497 e. The first kappa shape index (κ1) is 46.2. The number of sulfonamides is 1. The van der Waals surface area contributed by atoms with Crippen LogP contribution in [0.3, 0.4) is 0 Å². The molecule has 17 nitrogen and oxygen atoms in total. The van der Waals surface area contributed by atoms with Gasteiger partial charge in [-0.1, -0.05) is 38.8 Å². The van der Waals surface area contributed by atoms with Crippen molar-refractivity contribution < 1.29 is 46.9 Å². The number of hydrogen-bond donors (Lipinski definition) is 4. The van der Waals surface area contributed by atoms with E-state index in [4.69, 9.17) is 24.2 Å². The highest BCUT2D eigenvalue weighted by atomic mass is 32.2. The fourth-order valence-electron chi connectivity index (χ4n) is 8.68. The lowest BCUT2D eigenvalue weighted by Gasteiger charge is -2.30. The number of alkyl carbamates (subject to hydrolysis) is 1. The van der Waals surface area contributed by atoms with E-state index >= 15 is 0 Å². The van der Waals surface area contributed by atoms with Gasteiger partial charge in [-0.05, 0) is 69.0 Å². The molecule has 8 rings (SSSR count). The highest BCUT2D eigenvalue weighted by Crippen LogP contribution is 2.46. The third-order valence-corrected chi connectivity index (χ3v) is 16.1. The topological polar surface area (TPSA) is 219 Å². The van der Waals surface area contributed by atoms with Crippen molar-refractivity contribution in [2.75, 3.05) is 25.5 Å². The Labute approximate surface area is 386 Å². The number of ether oxygens (including phenoxy) is 3. The monoisotopic (exact) mass is 949 g/mol. The molecule has 2 unspecified atom stereocenters. The molecule has 0 radical (unpaired) electrons. The number of carboxylic acid groups (broad SMARTS) is 1. The number of thiazole rings is 1. The molecule has 0 spiro atoms. The van der Waals surface area contributed by atoms with E-state index in [9.17, 15) is 32.7 Å². The van der Waals surface area contributed by atoms with Crippen molar-refractivity contribution in [2.45, 2.75) is 120 Å². The summed E-state index contributed by atoms with van der Waals surface area (Å²) in [4.78, 5) is 67.8. The second-order valence-corrected chi connectivity index (χ2v) is 21.5. The number of aromatic nitrogens is 2. The normalized spacial score (nSPS) is 25.4. The lowest BCUT2D eigenvalue weighted by molar-refractivity contribution is -0.145. The van der Waals surface area contributed by atoms with Gasteiger partial charge < -0.3 is 40.2 Å². The molecule has 65 heavy (non-hydrogen) atoms. The van der Waals surface area contributed by atoms with Gasteiger partial charge in [0.1, 0.15) is 47.0 Å². The van der Waals surface area contributed by atoms with E-state index in [1.54, 1.807) is 36.8 Å². The fraction of sp³-hybridized carbons (Fsp3) is 0.511. The summed E-state index contributed by atoms with van der Waals surface area (Å²) in [5.74, 6) is -2.02. The number of aliphatic carboxylic acids is 1. The Hall–Kier alpha value is -5.31. The van der Waals surface area contributed by atoms with Crippen molar-refractivity contribution in [2.24, 2.45) is 11.8 Å². The number of hydrogen-bond acceptors (Lipinski definition) is 14. The zero-order chi connectivity index (χ0) is 46.2. The van der Waals surface area contributed by atoms with Crippen LogP contribution in [0.5, 0.6) is 11.5 Å². The molecular formula is C45H55N7O10S3. The third kappa shape index (κ3) is 9.81. The van der Waals surface area contributed by atoms with Crippen LogP contribution in [-0.4, -0.2) is 113 Å². The molecule has 3 aromatic heterocycles. The summed E-state index contributed by atoms with van der Waals surface area (Å²) in [6.45, 7) is 7.74. The lowest BCUT2D eigenvalue weighted by Crippen LogP contribution is -2.56. The average Bonchev–Trinajstić information content (AvgIpc) is 3.73. The molecule has 348 valence electrons. The minimum absolute atomic E-state index is 0.0185. The van der Waals surface area contributed by atoms with E-state index in [1.807, 2.05) is 51.3 Å². The molecule has 20 heteroatoms. The zero-order valence-electron chi connectivity index (χ0n) is 36.9. The molecule has 4 aliphatic rings. The largest absolute Gasteiger partial charge is 0.497 e. The van der Waals surface area contributed by atoms with Crippen molar-refractivity contribution in [3.8, 4) is 22.9 Å². The molecule has 4 aromatic rings. The number of nitrogens with one attached hydrogen (secondary N) is 3. The predicted molar refractivity (Wildman–Crippen MR) is 245 cm³/mol. The van der Waals surface area contributed by atoms with Crippen LogP contribution < -0.4 is 25.4 Å². The summed E-state index contributed by atoms with van der Waals surface area (Å²) in [6.07, 6.45) is 4.48.